The van der Waals surface area contributed by atoms with E-state index in [4.69, 9.17) is 0 Å². The number of nitrogens with zero attached hydrogens (tertiary/aromatic N) is 2. The van der Waals surface area contributed by atoms with E-state index in [1.165, 1.54) is 4.57 Å². The third-order valence-corrected chi connectivity index (χ3v) is 4.14. The van der Waals surface area contributed by atoms with E-state index in [9.17, 15) is 14.4 Å². The number of pyridine rings is 1. The predicted octanol–water partition coefficient (Wildman–Crippen LogP) is 2.28. The van der Waals surface area contributed by atoms with Crippen LogP contribution in [0.2, 0.25) is 0 Å². The summed E-state index contributed by atoms with van der Waals surface area (Å²) in [5.74, 6) is -0.0584. The molecule has 1 amide bonds. The fraction of sp³-hybridized carbons (Fsp3) is 0.263. The van der Waals surface area contributed by atoms with Crippen LogP contribution < -0.4 is 16.6 Å². The van der Waals surface area contributed by atoms with E-state index in [-0.39, 0.29) is 11.5 Å². The van der Waals surface area contributed by atoms with Crippen LogP contribution in [0, 0.1) is 0 Å². The summed E-state index contributed by atoms with van der Waals surface area (Å²) in [5.41, 5.74) is 0.592. The molecule has 0 bridgehead atoms. The number of benzene rings is 1. The predicted molar refractivity (Wildman–Crippen MR) is 100 cm³/mol. The third kappa shape index (κ3) is 4.24. The zero-order chi connectivity index (χ0) is 18.4. The van der Waals surface area contributed by atoms with Crippen molar-refractivity contribution in [2.75, 3.05) is 5.32 Å². The van der Waals surface area contributed by atoms with Crippen molar-refractivity contribution in [2.45, 2.75) is 32.2 Å². The Morgan fingerprint density at radius 1 is 1.04 bits per heavy atom. The summed E-state index contributed by atoms with van der Waals surface area (Å²) in [5, 5.41) is 3.30. The van der Waals surface area contributed by atoms with Crippen molar-refractivity contribution in [3.05, 3.63) is 69.6 Å². The molecule has 2 heterocycles. The smallest absolute Gasteiger partial charge is 0.326 e. The Kier molecular flexibility index (Phi) is 5.58. The van der Waals surface area contributed by atoms with E-state index >= 15 is 0 Å². The SMILES string of the molecule is O=C(CCCCCn1c(=O)[nH]c2ccccc2c1=O)Nc1ccncc1. The molecule has 0 aliphatic heterocycles. The van der Waals surface area contributed by atoms with Crippen LogP contribution in [0.4, 0.5) is 5.69 Å². The lowest BCUT2D eigenvalue weighted by atomic mass is 10.2. The lowest BCUT2D eigenvalue weighted by Gasteiger charge is -2.07. The van der Waals surface area contributed by atoms with Gasteiger partial charge in [-0.2, -0.15) is 0 Å². The number of nitrogens with one attached hydrogen (secondary N) is 2. The molecule has 3 aromatic rings. The summed E-state index contributed by atoms with van der Waals surface area (Å²) >= 11 is 0. The molecule has 7 heteroatoms. The van der Waals surface area contributed by atoms with Crippen LogP contribution in [0.15, 0.2) is 58.4 Å². The molecule has 0 saturated heterocycles. The standard InChI is InChI=1S/C19H20N4O3/c24-17(21-14-9-11-20-12-10-14)8-2-1-5-13-23-18(25)15-6-3-4-7-16(15)22-19(23)26/h3-4,6-7,9-12H,1-2,5,8,13H2,(H,22,26)(H,20,21,24). The van der Waals surface area contributed by atoms with Gasteiger partial charge in [-0.05, 0) is 37.1 Å². The largest absolute Gasteiger partial charge is 0.328 e. The Hall–Kier alpha value is -3.22. The molecule has 0 saturated carbocycles. The Morgan fingerprint density at radius 3 is 2.62 bits per heavy atom. The average Bonchev–Trinajstić information content (AvgIpc) is 2.64. The number of hydrogen-bond donors (Lipinski definition) is 2. The first-order valence-corrected chi connectivity index (χ1v) is 8.57. The van der Waals surface area contributed by atoms with E-state index in [2.05, 4.69) is 15.3 Å². The maximum absolute atomic E-state index is 12.4. The van der Waals surface area contributed by atoms with Crippen molar-refractivity contribution in [3.8, 4) is 0 Å². The maximum Gasteiger partial charge on any atom is 0.328 e. The van der Waals surface area contributed by atoms with Gasteiger partial charge in [0.15, 0.2) is 0 Å². The molecule has 3 rings (SSSR count). The van der Waals surface area contributed by atoms with Crippen LogP contribution in [0.25, 0.3) is 10.9 Å². The number of amides is 1. The van der Waals surface area contributed by atoms with Crippen LogP contribution >= 0.6 is 0 Å². The second-order valence-corrected chi connectivity index (χ2v) is 6.03. The van der Waals surface area contributed by atoms with Gasteiger partial charge in [0, 0.05) is 31.0 Å². The number of unbranched alkanes of at least 4 members (excludes halogenated alkanes) is 2. The number of aromatic amines is 1. The molecule has 7 nitrogen and oxygen atoms in total. The number of H-pyrrole nitrogens is 1. The molecule has 134 valence electrons. The van der Waals surface area contributed by atoms with Gasteiger partial charge in [-0.15, -0.1) is 0 Å². The van der Waals surface area contributed by atoms with Gasteiger partial charge in [-0.1, -0.05) is 18.6 Å². The normalized spacial score (nSPS) is 10.8. The molecule has 2 aromatic heterocycles. The van der Waals surface area contributed by atoms with Gasteiger partial charge in [-0.3, -0.25) is 19.1 Å². The lowest BCUT2D eigenvalue weighted by Crippen LogP contribution is -2.35. The van der Waals surface area contributed by atoms with Crippen molar-refractivity contribution in [2.24, 2.45) is 0 Å². The molecule has 1 aromatic carbocycles. The average molecular weight is 352 g/mol. The van der Waals surface area contributed by atoms with Crippen molar-refractivity contribution >= 4 is 22.5 Å². The quantitative estimate of drug-likeness (QED) is 0.638. The van der Waals surface area contributed by atoms with Gasteiger partial charge in [0.05, 0.1) is 10.9 Å². The minimum Gasteiger partial charge on any atom is -0.326 e. The zero-order valence-electron chi connectivity index (χ0n) is 14.3. The number of anilines is 1. The van der Waals surface area contributed by atoms with E-state index in [1.54, 1.807) is 48.8 Å². The number of fused-ring (bicyclic) bond motifs is 1. The van der Waals surface area contributed by atoms with Crippen LogP contribution in [-0.4, -0.2) is 20.4 Å². The first-order valence-electron chi connectivity index (χ1n) is 8.57. The Balaban J connectivity index is 1.50. The molecule has 0 atom stereocenters. The van der Waals surface area contributed by atoms with E-state index in [1.807, 2.05) is 0 Å². The molecule has 0 fully saturated rings. The molecule has 26 heavy (non-hydrogen) atoms. The number of carbonyl (C=O) groups excluding carboxylic acids is 1. The highest BCUT2D eigenvalue weighted by molar-refractivity contribution is 5.90. The summed E-state index contributed by atoms with van der Waals surface area (Å²) in [6.07, 6.45) is 5.73. The van der Waals surface area contributed by atoms with Crippen molar-refractivity contribution < 1.29 is 4.79 Å². The van der Waals surface area contributed by atoms with Crippen molar-refractivity contribution in [1.29, 1.82) is 0 Å². The fourth-order valence-electron chi connectivity index (χ4n) is 2.79. The van der Waals surface area contributed by atoms with Crippen LogP contribution in [0.3, 0.4) is 0 Å². The molecule has 0 spiro atoms. The van der Waals surface area contributed by atoms with E-state index in [0.29, 0.717) is 36.7 Å². The Labute approximate surface area is 149 Å². The second kappa shape index (κ2) is 8.24. The minimum atomic E-state index is -0.399. The summed E-state index contributed by atoms with van der Waals surface area (Å²) in [6, 6.07) is 10.4. The first kappa shape index (κ1) is 17.6. The zero-order valence-corrected chi connectivity index (χ0v) is 14.3. The van der Waals surface area contributed by atoms with Crippen LogP contribution in [-0.2, 0) is 11.3 Å². The van der Waals surface area contributed by atoms with Crippen LogP contribution in [0.1, 0.15) is 25.7 Å². The van der Waals surface area contributed by atoms with Crippen molar-refractivity contribution in [1.82, 2.24) is 14.5 Å². The molecule has 0 unspecified atom stereocenters. The first-order chi connectivity index (χ1) is 12.6. The van der Waals surface area contributed by atoms with Crippen LogP contribution in [0.5, 0.6) is 0 Å². The topological polar surface area (TPSA) is 96.9 Å². The number of carbonyl (C=O) groups is 1. The monoisotopic (exact) mass is 352 g/mol. The van der Waals surface area contributed by atoms with Gasteiger partial charge in [0.2, 0.25) is 5.91 Å². The molecule has 0 aliphatic carbocycles. The molecule has 0 aliphatic rings. The van der Waals surface area contributed by atoms with Gasteiger partial charge in [0.1, 0.15) is 0 Å². The highest BCUT2D eigenvalue weighted by Gasteiger charge is 2.07. The molecular weight excluding hydrogens is 332 g/mol. The van der Waals surface area contributed by atoms with Gasteiger partial charge < -0.3 is 10.3 Å². The van der Waals surface area contributed by atoms with E-state index < -0.39 is 5.69 Å². The number of hydrogen-bond acceptors (Lipinski definition) is 4. The lowest BCUT2D eigenvalue weighted by molar-refractivity contribution is -0.116. The van der Waals surface area contributed by atoms with Gasteiger partial charge >= 0.3 is 5.69 Å². The highest BCUT2D eigenvalue weighted by Crippen LogP contribution is 2.07. The Bertz CT molecular complexity index is 1010. The maximum atomic E-state index is 12.4. The summed E-state index contributed by atoms with van der Waals surface area (Å²) in [6.45, 7) is 0.338. The second-order valence-electron chi connectivity index (χ2n) is 6.03. The number of rotatable bonds is 7. The van der Waals surface area contributed by atoms with Gasteiger partial charge in [0.25, 0.3) is 5.56 Å². The Morgan fingerprint density at radius 2 is 1.81 bits per heavy atom. The fourth-order valence-corrected chi connectivity index (χ4v) is 2.79. The summed E-state index contributed by atoms with van der Waals surface area (Å²) < 4.78 is 1.22. The number of para-hydroxylation sites is 1. The number of aromatic nitrogens is 3. The summed E-state index contributed by atoms with van der Waals surface area (Å²) in [7, 11) is 0. The third-order valence-electron chi connectivity index (χ3n) is 4.14. The van der Waals surface area contributed by atoms with E-state index in [0.717, 1.165) is 12.1 Å². The highest BCUT2D eigenvalue weighted by atomic mass is 16.2. The minimum absolute atomic E-state index is 0.0584. The van der Waals surface area contributed by atoms with Gasteiger partial charge in [-0.25, -0.2) is 4.79 Å². The molecular formula is C19H20N4O3. The molecule has 0 radical (unpaired) electrons. The molecule has 2 N–H and O–H groups in total. The summed E-state index contributed by atoms with van der Waals surface area (Å²) in [4.78, 5) is 42.9. The van der Waals surface area contributed by atoms with Crippen molar-refractivity contribution in [3.63, 3.8) is 0 Å².